The van der Waals surface area contributed by atoms with Gasteiger partial charge in [-0.25, -0.2) is 4.79 Å². The number of fused-ring (bicyclic) bond motifs is 3. The van der Waals surface area contributed by atoms with Gasteiger partial charge < -0.3 is 20.5 Å². The molecule has 1 saturated carbocycles. The molecule has 3 N–H and O–H groups in total. The van der Waals surface area contributed by atoms with Gasteiger partial charge in [-0.05, 0) is 70.8 Å². The zero-order chi connectivity index (χ0) is 29.9. The summed E-state index contributed by atoms with van der Waals surface area (Å²) in [5, 5.41) is 33.5. The Morgan fingerprint density at radius 3 is 2.30 bits per heavy atom. The van der Waals surface area contributed by atoms with Crippen molar-refractivity contribution in [1.29, 1.82) is 5.26 Å². The number of phenolic OH excluding ortho intramolecular Hbond substituents is 1. The minimum Gasteiger partial charge on any atom is -0.507 e. The van der Waals surface area contributed by atoms with Crippen molar-refractivity contribution in [1.82, 2.24) is 15.5 Å². The fourth-order valence-electron chi connectivity index (χ4n) is 5.50. The van der Waals surface area contributed by atoms with Crippen molar-refractivity contribution < 1.29 is 19.4 Å². The number of carbonyl (C=O) groups excluding carboxylic acids is 2. The number of hydrogen-bond acceptors (Lipinski definition) is 7. The molecule has 0 aliphatic heterocycles. The number of nitrogens with zero attached hydrogens (tertiary/aromatic N) is 3. The van der Waals surface area contributed by atoms with Crippen molar-refractivity contribution >= 4 is 17.8 Å². The van der Waals surface area contributed by atoms with Crippen molar-refractivity contribution in [2.75, 3.05) is 11.9 Å². The van der Waals surface area contributed by atoms with E-state index >= 15 is 0 Å². The molecule has 0 radical (unpaired) electrons. The number of aromatic hydroxyl groups is 1. The van der Waals surface area contributed by atoms with Crippen LogP contribution < -0.4 is 10.6 Å². The molecule has 1 fully saturated rings. The maximum Gasteiger partial charge on any atom is 0.407 e. The highest BCUT2D eigenvalue weighted by molar-refractivity contribution is 5.96. The molecule has 2 aliphatic carbocycles. The van der Waals surface area contributed by atoms with Crippen molar-refractivity contribution in [2.24, 2.45) is 0 Å². The van der Waals surface area contributed by atoms with Crippen LogP contribution >= 0.6 is 0 Å². The molecule has 0 unspecified atom stereocenters. The fraction of sp³-hybridized carbons (Fsp3) is 0.206. The molecule has 2 aliphatic rings. The SMILES string of the molecule is C#Cc1ccc(-c2nnc(NC(=O)[C@@H](CC#N)NC(=O)OCC3c4ccccc4-c4ccccc43)cc2C2CC2)c(O)c1. The first-order valence-corrected chi connectivity index (χ1v) is 13.9. The molecule has 4 aromatic rings. The number of nitrogens with one attached hydrogen (secondary N) is 2. The van der Waals surface area contributed by atoms with Crippen LogP contribution in [0.25, 0.3) is 22.4 Å². The zero-order valence-electron chi connectivity index (χ0n) is 23.1. The summed E-state index contributed by atoms with van der Waals surface area (Å²) < 4.78 is 5.56. The monoisotopic (exact) mass is 569 g/mol. The van der Waals surface area contributed by atoms with Crippen LogP contribution in [0.3, 0.4) is 0 Å². The van der Waals surface area contributed by atoms with Crippen LogP contribution in [-0.4, -0.2) is 40.0 Å². The summed E-state index contributed by atoms with van der Waals surface area (Å²) in [6, 6.07) is 23.4. The van der Waals surface area contributed by atoms with Crippen molar-refractivity contribution in [3.63, 3.8) is 0 Å². The highest BCUT2D eigenvalue weighted by atomic mass is 16.5. The second-order valence-corrected chi connectivity index (χ2v) is 10.6. The number of anilines is 1. The summed E-state index contributed by atoms with van der Waals surface area (Å²) in [6.07, 6.45) is 6.24. The highest BCUT2D eigenvalue weighted by Gasteiger charge is 2.31. The average Bonchev–Trinajstić information content (AvgIpc) is 3.82. The lowest BCUT2D eigenvalue weighted by atomic mass is 9.98. The average molecular weight is 570 g/mol. The normalized spacial score (nSPS) is 14.0. The van der Waals surface area contributed by atoms with E-state index < -0.39 is 18.0 Å². The summed E-state index contributed by atoms with van der Waals surface area (Å²) >= 11 is 0. The Kier molecular flexibility index (Phi) is 7.46. The fourth-order valence-corrected chi connectivity index (χ4v) is 5.50. The quantitative estimate of drug-likeness (QED) is 0.239. The molecule has 1 heterocycles. The predicted molar refractivity (Wildman–Crippen MR) is 160 cm³/mol. The lowest BCUT2D eigenvalue weighted by Gasteiger charge is -2.18. The van der Waals surface area contributed by atoms with Gasteiger partial charge in [0.25, 0.3) is 0 Å². The summed E-state index contributed by atoms with van der Waals surface area (Å²) in [4.78, 5) is 26.0. The van der Waals surface area contributed by atoms with Crippen LogP contribution in [0.5, 0.6) is 5.75 Å². The number of terminal acetylenes is 1. The smallest absolute Gasteiger partial charge is 0.407 e. The van der Waals surface area contributed by atoms with Gasteiger partial charge in [-0.2, -0.15) is 5.26 Å². The van der Waals surface area contributed by atoms with Gasteiger partial charge >= 0.3 is 6.09 Å². The standard InChI is InChI=1S/C34H27N5O4/c1-2-20-11-14-26(30(40)17-20)32-27(21-12-13-21)18-31(38-39-32)37-33(41)29(15-16-35)36-34(42)43-19-28-24-9-5-3-7-22(24)23-8-4-6-10-25(23)28/h1,3-11,14,17-18,21,28-29,40H,12-13,15,19H2,(H,36,42)(H,37,38,41)/t29-/m1/s1. The molecular formula is C34H27N5O4. The largest absolute Gasteiger partial charge is 0.507 e. The topological polar surface area (TPSA) is 137 Å². The van der Waals surface area contributed by atoms with E-state index in [1.54, 1.807) is 18.2 Å². The Morgan fingerprint density at radius 1 is 0.977 bits per heavy atom. The van der Waals surface area contributed by atoms with E-state index in [0.29, 0.717) is 16.8 Å². The third-order valence-corrected chi connectivity index (χ3v) is 7.76. The van der Waals surface area contributed by atoms with E-state index in [-0.39, 0.29) is 36.4 Å². The number of alkyl carbamates (subject to hydrolysis) is 1. The van der Waals surface area contributed by atoms with Crippen molar-refractivity contribution in [2.45, 2.75) is 37.1 Å². The molecule has 212 valence electrons. The van der Waals surface area contributed by atoms with E-state index in [1.165, 1.54) is 6.07 Å². The van der Waals surface area contributed by atoms with Gasteiger partial charge in [-0.1, -0.05) is 54.5 Å². The van der Waals surface area contributed by atoms with Gasteiger partial charge in [0, 0.05) is 17.0 Å². The Labute approximate surface area is 248 Å². The van der Waals surface area contributed by atoms with Crippen LogP contribution in [0, 0.1) is 23.7 Å². The number of nitriles is 1. The van der Waals surface area contributed by atoms with E-state index in [0.717, 1.165) is 40.7 Å². The number of benzene rings is 3. The zero-order valence-corrected chi connectivity index (χ0v) is 23.1. The third-order valence-electron chi connectivity index (χ3n) is 7.76. The first kappa shape index (κ1) is 27.5. The third kappa shape index (κ3) is 5.61. The van der Waals surface area contributed by atoms with Gasteiger partial charge in [0.1, 0.15) is 24.1 Å². The lowest BCUT2D eigenvalue weighted by Crippen LogP contribution is -2.44. The summed E-state index contributed by atoms with van der Waals surface area (Å²) in [7, 11) is 0. The minimum atomic E-state index is -1.17. The van der Waals surface area contributed by atoms with E-state index in [1.807, 2.05) is 54.6 Å². The first-order chi connectivity index (χ1) is 21.0. The van der Waals surface area contributed by atoms with Gasteiger partial charge in [0.2, 0.25) is 5.91 Å². The number of hydrogen-bond donors (Lipinski definition) is 3. The number of aromatic nitrogens is 2. The van der Waals surface area contributed by atoms with Gasteiger partial charge in [-0.3, -0.25) is 4.79 Å². The van der Waals surface area contributed by atoms with Crippen LogP contribution in [0.15, 0.2) is 72.8 Å². The van der Waals surface area contributed by atoms with Crippen molar-refractivity contribution in [3.8, 4) is 46.5 Å². The summed E-state index contributed by atoms with van der Waals surface area (Å²) in [5.74, 6) is 2.09. The molecule has 9 nitrogen and oxygen atoms in total. The molecule has 0 bridgehead atoms. The maximum absolute atomic E-state index is 13.1. The van der Waals surface area contributed by atoms with Gasteiger partial charge in [0.15, 0.2) is 5.82 Å². The Balaban J connectivity index is 1.14. The first-order valence-electron chi connectivity index (χ1n) is 13.9. The Bertz CT molecular complexity index is 1770. The molecule has 1 aromatic heterocycles. The molecule has 2 amide bonds. The number of phenols is 1. The van der Waals surface area contributed by atoms with E-state index in [2.05, 4.69) is 26.8 Å². The number of rotatable bonds is 8. The summed E-state index contributed by atoms with van der Waals surface area (Å²) in [6.45, 7) is 0.0770. The molecular weight excluding hydrogens is 542 g/mol. The Hall–Kier alpha value is -5.67. The molecule has 0 saturated heterocycles. The van der Waals surface area contributed by atoms with Gasteiger partial charge in [0.05, 0.1) is 12.5 Å². The lowest BCUT2D eigenvalue weighted by molar-refractivity contribution is -0.118. The second-order valence-electron chi connectivity index (χ2n) is 10.6. The number of amides is 2. The van der Waals surface area contributed by atoms with Crippen molar-refractivity contribution in [3.05, 3.63) is 95.1 Å². The highest BCUT2D eigenvalue weighted by Crippen LogP contribution is 2.46. The van der Waals surface area contributed by atoms with E-state index in [4.69, 9.17) is 11.2 Å². The van der Waals surface area contributed by atoms with Gasteiger partial charge in [-0.15, -0.1) is 16.6 Å². The van der Waals surface area contributed by atoms with E-state index in [9.17, 15) is 20.0 Å². The molecule has 6 rings (SSSR count). The van der Waals surface area contributed by atoms with Crippen LogP contribution in [0.1, 0.15) is 53.4 Å². The molecule has 3 aromatic carbocycles. The summed E-state index contributed by atoms with van der Waals surface area (Å²) in [5.41, 5.74) is 6.71. The molecule has 9 heteroatoms. The molecule has 0 spiro atoms. The predicted octanol–water partition coefficient (Wildman–Crippen LogP) is 5.47. The Morgan fingerprint density at radius 2 is 1.67 bits per heavy atom. The number of ether oxygens (including phenoxy) is 1. The molecule has 43 heavy (non-hydrogen) atoms. The minimum absolute atomic E-state index is 0.00943. The van der Waals surface area contributed by atoms with Crippen LogP contribution in [0.4, 0.5) is 10.6 Å². The van der Waals surface area contributed by atoms with Crippen LogP contribution in [0.2, 0.25) is 0 Å². The second kappa shape index (κ2) is 11.7. The maximum atomic E-state index is 13.1. The molecule has 1 atom stereocenters. The van der Waals surface area contributed by atoms with Crippen LogP contribution in [-0.2, 0) is 9.53 Å². The number of carbonyl (C=O) groups is 2.